The fourth-order valence-corrected chi connectivity index (χ4v) is 3.65. The summed E-state index contributed by atoms with van der Waals surface area (Å²) in [5.74, 6) is 0.294. The highest BCUT2D eigenvalue weighted by Crippen LogP contribution is 2.34. The molecule has 0 aliphatic carbocycles. The third kappa shape index (κ3) is 3.53. The molecule has 1 N–H and O–H groups in total. The summed E-state index contributed by atoms with van der Waals surface area (Å²) >= 11 is 6.29. The summed E-state index contributed by atoms with van der Waals surface area (Å²) in [5.41, 5.74) is 3.84. The van der Waals surface area contributed by atoms with Gasteiger partial charge < -0.3 is 9.40 Å². The van der Waals surface area contributed by atoms with Crippen LogP contribution in [0, 0.1) is 0 Å². The molecule has 10 heteroatoms. The quantitative estimate of drug-likeness (QED) is 0.411. The number of aromatic amines is 1. The molecule has 0 aliphatic rings. The van der Waals surface area contributed by atoms with Crippen LogP contribution in [-0.2, 0) is 7.05 Å². The van der Waals surface area contributed by atoms with Gasteiger partial charge in [0, 0.05) is 42.2 Å². The van der Waals surface area contributed by atoms with E-state index in [9.17, 15) is 4.39 Å². The van der Waals surface area contributed by atoms with Gasteiger partial charge in [-0.2, -0.15) is 5.10 Å². The number of H-pyrrole nitrogens is 1. The molecule has 0 unspecified atom stereocenters. The van der Waals surface area contributed by atoms with Crippen molar-refractivity contribution in [2.75, 3.05) is 18.1 Å². The van der Waals surface area contributed by atoms with Gasteiger partial charge in [-0.05, 0) is 18.2 Å². The Hall–Kier alpha value is -3.72. The van der Waals surface area contributed by atoms with Crippen LogP contribution in [0.25, 0.3) is 33.6 Å². The largest absolute Gasteiger partial charge is 0.403 e. The molecule has 0 saturated heterocycles. The smallest absolute Gasteiger partial charge is 0.323 e. The van der Waals surface area contributed by atoms with Gasteiger partial charge in [0.15, 0.2) is 0 Å². The van der Waals surface area contributed by atoms with Gasteiger partial charge in [-0.15, -0.1) is 5.10 Å². The molecule has 1 aromatic carbocycles. The van der Waals surface area contributed by atoms with E-state index in [0.717, 1.165) is 16.5 Å². The number of rotatable bonds is 6. The molecule has 0 fully saturated rings. The number of aromatic nitrogens is 6. The number of alkyl halides is 1. The summed E-state index contributed by atoms with van der Waals surface area (Å²) in [5, 5.41) is 13.8. The topological polar surface area (TPSA) is 88.7 Å². The summed E-state index contributed by atoms with van der Waals surface area (Å²) in [4.78, 5) is 9.17. The van der Waals surface area contributed by atoms with E-state index in [1.54, 1.807) is 46.4 Å². The third-order valence-electron chi connectivity index (χ3n) is 4.90. The standard InChI is InChI=1S/C21H17ClFN7O/c1-29-12-14(10-26-29)13-8-15-16(11-25-19(15)24-9-13)20-27-28-21(31-20)30(7-6-23)18-5-3-2-4-17(18)22/h2-5,8-12H,6-7H2,1H3,(H,24,25). The first-order valence-electron chi connectivity index (χ1n) is 9.52. The predicted molar refractivity (Wildman–Crippen MR) is 116 cm³/mol. The van der Waals surface area contributed by atoms with Gasteiger partial charge in [0.25, 0.3) is 5.89 Å². The number of anilines is 2. The monoisotopic (exact) mass is 437 g/mol. The number of hydrogen-bond donors (Lipinski definition) is 1. The molecule has 4 aromatic heterocycles. The van der Waals surface area contributed by atoms with Gasteiger partial charge >= 0.3 is 6.01 Å². The molecule has 4 heterocycles. The Bertz CT molecular complexity index is 1360. The van der Waals surface area contributed by atoms with Crippen LogP contribution in [0.3, 0.4) is 0 Å². The number of aryl methyl sites for hydroxylation is 1. The molecule has 0 amide bonds. The Kier molecular flexibility index (Phi) is 4.87. The number of fused-ring (bicyclic) bond motifs is 1. The Morgan fingerprint density at radius 1 is 1.19 bits per heavy atom. The number of nitrogens with one attached hydrogen (secondary N) is 1. The molecule has 0 atom stereocenters. The lowest BCUT2D eigenvalue weighted by Crippen LogP contribution is -2.20. The zero-order valence-electron chi connectivity index (χ0n) is 16.5. The summed E-state index contributed by atoms with van der Waals surface area (Å²) in [6.45, 7) is -0.569. The minimum Gasteiger partial charge on any atom is -0.403 e. The van der Waals surface area contributed by atoms with Crippen LogP contribution in [0.15, 0.2) is 59.5 Å². The SMILES string of the molecule is Cn1cc(-c2cnc3[nH]cc(-c4nnc(N(CCF)c5ccccc5Cl)o4)c3c2)cn1. The van der Waals surface area contributed by atoms with E-state index in [2.05, 4.69) is 25.3 Å². The van der Waals surface area contributed by atoms with Gasteiger partial charge in [0.1, 0.15) is 12.3 Å². The molecule has 31 heavy (non-hydrogen) atoms. The van der Waals surface area contributed by atoms with Crippen molar-refractivity contribution in [2.24, 2.45) is 7.05 Å². The van der Waals surface area contributed by atoms with Gasteiger partial charge in [-0.3, -0.25) is 9.58 Å². The van der Waals surface area contributed by atoms with Crippen molar-refractivity contribution in [3.63, 3.8) is 0 Å². The van der Waals surface area contributed by atoms with E-state index in [-0.39, 0.29) is 12.6 Å². The van der Waals surface area contributed by atoms with Crippen LogP contribution in [-0.4, -0.2) is 43.2 Å². The fraction of sp³-hybridized carbons (Fsp3) is 0.143. The minimum absolute atomic E-state index is 0.0337. The van der Waals surface area contributed by atoms with Crippen molar-refractivity contribution in [1.82, 2.24) is 29.9 Å². The van der Waals surface area contributed by atoms with Crippen LogP contribution < -0.4 is 4.90 Å². The number of pyridine rings is 1. The van der Waals surface area contributed by atoms with Crippen LogP contribution in [0.1, 0.15) is 0 Å². The summed E-state index contributed by atoms with van der Waals surface area (Å²) in [6.07, 6.45) is 7.23. The van der Waals surface area contributed by atoms with Crippen molar-refractivity contribution >= 4 is 34.3 Å². The molecule has 156 valence electrons. The van der Waals surface area contributed by atoms with Crippen molar-refractivity contribution in [2.45, 2.75) is 0 Å². The first kappa shape index (κ1) is 19.3. The zero-order chi connectivity index (χ0) is 21.4. The summed E-state index contributed by atoms with van der Waals surface area (Å²) in [7, 11) is 1.86. The Labute approximate surface area is 181 Å². The van der Waals surface area contributed by atoms with Crippen LogP contribution in [0.2, 0.25) is 5.02 Å². The minimum atomic E-state index is -0.603. The normalized spacial score (nSPS) is 11.3. The maximum Gasteiger partial charge on any atom is 0.323 e. The van der Waals surface area contributed by atoms with Gasteiger partial charge in [0.2, 0.25) is 0 Å². The third-order valence-corrected chi connectivity index (χ3v) is 5.22. The molecule has 8 nitrogen and oxygen atoms in total. The molecule has 0 bridgehead atoms. The Morgan fingerprint density at radius 3 is 2.84 bits per heavy atom. The van der Waals surface area contributed by atoms with Crippen LogP contribution in [0.5, 0.6) is 0 Å². The van der Waals surface area contributed by atoms with E-state index >= 15 is 0 Å². The highest BCUT2D eigenvalue weighted by Gasteiger charge is 2.21. The second-order valence-corrected chi connectivity index (χ2v) is 7.31. The molecular formula is C21H17ClFN7O. The van der Waals surface area contributed by atoms with Crippen molar-refractivity contribution in [1.29, 1.82) is 0 Å². The van der Waals surface area contributed by atoms with E-state index in [1.807, 2.05) is 25.4 Å². The maximum absolute atomic E-state index is 13.2. The van der Waals surface area contributed by atoms with Crippen LogP contribution in [0.4, 0.5) is 16.1 Å². The molecule has 0 spiro atoms. The number of nitrogens with zero attached hydrogens (tertiary/aromatic N) is 6. The fourth-order valence-electron chi connectivity index (χ4n) is 3.42. The summed E-state index contributed by atoms with van der Waals surface area (Å²) < 4.78 is 20.9. The molecule has 5 rings (SSSR count). The average Bonchev–Trinajstić information content (AvgIpc) is 3.51. The molecule has 0 radical (unpaired) electrons. The molecule has 0 aliphatic heterocycles. The van der Waals surface area contributed by atoms with E-state index in [4.69, 9.17) is 16.0 Å². The van der Waals surface area contributed by atoms with Gasteiger partial charge in [-0.25, -0.2) is 9.37 Å². The van der Waals surface area contributed by atoms with Crippen molar-refractivity contribution in [3.8, 4) is 22.6 Å². The highest BCUT2D eigenvalue weighted by atomic mass is 35.5. The van der Waals surface area contributed by atoms with E-state index < -0.39 is 6.67 Å². The molecular weight excluding hydrogens is 421 g/mol. The first-order chi connectivity index (χ1) is 15.1. The number of benzene rings is 1. The van der Waals surface area contributed by atoms with Crippen molar-refractivity contribution < 1.29 is 8.81 Å². The number of halogens is 2. The van der Waals surface area contributed by atoms with E-state index in [1.165, 1.54) is 0 Å². The highest BCUT2D eigenvalue weighted by molar-refractivity contribution is 6.33. The predicted octanol–water partition coefficient (Wildman–Crippen LogP) is 4.77. The lowest BCUT2D eigenvalue weighted by Gasteiger charge is -2.19. The van der Waals surface area contributed by atoms with Crippen LogP contribution >= 0.6 is 11.6 Å². The average molecular weight is 438 g/mol. The molecule has 5 aromatic rings. The second kappa shape index (κ2) is 7.84. The maximum atomic E-state index is 13.2. The first-order valence-corrected chi connectivity index (χ1v) is 9.90. The Balaban J connectivity index is 1.55. The van der Waals surface area contributed by atoms with E-state index in [0.29, 0.717) is 27.8 Å². The van der Waals surface area contributed by atoms with Crippen molar-refractivity contribution in [3.05, 3.63) is 60.1 Å². The van der Waals surface area contributed by atoms with Gasteiger partial charge in [0.05, 0.1) is 29.0 Å². The second-order valence-electron chi connectivity index (χ2n) is 6.91. The number of para-hydroxylation sites is 1. The zero-order valence-corrected chi connectivity index (χ0v) is 17.2. The lowest BCUT2D eigenvalue weighted by atomic mass is 10.1. The summed E-state index contributed by atoms with van der Waals surface area (Å²) in [6, 6.07) is 9.27. The molecule has 0 saturated carbocycles. The Morgan fingerprint density at radius 2 is 2.06 bits per heavy atom. The lowest BCUT2D eigenvalue weighted by molar-refractivity contribution is 0.485. The van der Waals surface area contributed by atoms with Gasteiger partial charge in [-0.1, -0.05) is 28.8 Å². The number of hydrogen-bond acceptors (Lipinski definition) is 6.